The lowest BCUT2D eigenvalue weighted by molar-refractivity contribution is -0.139. The van der Waals surface area contributed by atoms with Gasteiger partial charge in [-0.3, -0.25) is 9.59 Å². The number of anilines is 1. The molecule has 152 valence electrons. The summed E-state index contributed by atoms with van der Waals surface area (Å²) in [6.07, 6.45) is 4.34. The summed E-state index contributed by atoms with van der Waals surface area (Å²) in [5, 5.41) is 0. The number of rotatable bonds is 3. The van der Waals surface area contributed by atoms with E-state index in [1.807, 2.05) is 11.0 Å². The minimum absolute atomic E-state index is 0.0644. The van der Waals surface area contributed by atoms with E-state index in [0.29, 0.717) is 5.91 Å². The lowest BCUT2D eigenvalue weighted by Crippen LogP contribution is -2.50. The molecule has 2 aliphatic heterocycles. The van der Waals surface area contributed by atoms with E-state index < -0.39 is 0 Å². The first-order valence-corrected chi connectivity index (χ1v) is 11.0. The first kappa shape index (κ1) is 19.4. The SMILES string of the molecule is CCN1CCN(C(=O)C2CCC(C(=O)N3c4ccccc4CC3C)CC2)CC1. The summed E-state index contributed by atoms with van der Waals surface area (Å²) < 4.78 is 0. The molecular weight excluding hydrogens is 350 g/mol. The van der Waals surface area contributed by atoms with Crippen molar-refractivity contribution in [1.29, 1.82) is 0 Å². The van der Waals surface area contributed by atoms with Crippen LogP contribution in [0.1, 0.15) is 45.1 Å². The van der Waals surface area contributed by atoms with Gasteiger partial charge in [0.15, 0.2) is 0 Å². The van der Waals surface area contributed by atoms with Crippen LogP contribution in [-0.2, 0) is 16.0 Å². The maximum absolute atomic E-state index is 13.2. The van der Waals surface area contributed by atoms with E-state index in [-0.39, 0.29) is 23.8 Å². The van der Waals surface area contributed by atoms with Crippen LogP contribution in [0.25, 0.3) is 0 Å². The summed E-state index contributed by atoms with van der Waals surface area (Å²) in [5.41, 5.74) is 2.37. The molecule has 0 radical (unpaired) electrons. The number of hydrogen-bond acceptors (Lipinski definition) is 3. The van der Waals surface area contributed by atoms with Gasteiger partial charge in [-0.2, -0.15) is 0 Å². The second-order valence-electron chi connectivity index (χ2n) is 8.70. The second kappa shape index (κ2) is 8.24. The summed E-state index contributed by atoms with van der Waals surface area (Å²) in [6, 6.07) is 8.51. The predicted octanol–water partition coefficient (Wildman–Crippen LogP) is 2.93. The molecule has 1 unspecified atom stereocenters. The van der Waals surface area contributed by atoms with Gasteiger partial charge in [0.25, 0.3) is 0 Å². The highest BCUT2D eigenvalue weighted by atomic mass is 16.2. The Morgan fingerprint density at radius 2 is 1.54 bits per heavy atom. The van der Waals surface area contributed by atoms with Gasteiger partial charge in [-0.15, -0.1) is 0 Å². The molecule has 2 fully saturated rings. The first-order chi connectivity index (χ1) is 13.6. The average molecular weight is 384 g/mol. The lowest BCUT2D eigenvalue weighted by Gasteiger charge is -2.38. The molecule has 1 atom stereocenters. The molecule has 5 nitrogen and oxygen atoms in total. The van der Waals surface area contributed by atoms with E-state index in [9.17, 15) is 9.59 Å². The van der Waals surface area contributed by atoms with Crippen molar-refractivity contribution in [3.05, 3.63) is 29.8 Å². The van der Waals surface area contributed by atoms with Crippen LogP contribution in [0.4, 0.5) is 5.69 Å². The highest BCUT2D eigenvalue weighted by Crippen LogP contribution is 2.37. The van der Waals surface area contributed by atoms with Crippen LogP contribution < -0.4 is 4.90 Å². The van der Waals surface area contributed by atoms with E-state index in [4.69, 9.17) is 0 Å². The molecule has 0 N–H and O–H groups in total. The topological polar surface area (TPSA) is 43.9 Å². The summed E-state index contributed by atoms with van der Waals surface area (Å²) in [4.78, 5) is 32.6. The summed E-state index contributed by atoms with van der Waals surface area (Å²) in [6.45, 7) is 9.07. The van der Waals surface area contributed by atoms with Crippen molar-refractivity contribution in [2.45, 2.75) is 52.0 Å². The molecule has 1 aromatic carbocycles. The Morgan fingerprint density at radius 1 is 0.929 bits per heavy atom. The smallest absolute Gasteiger partial charge is 0.230 e. The number of benzene rings is 1. The number of para-hydroxylation sites is 1. The zero-order valence-electron chi connectivity index (χ0n) is 17.3. The summed E-state index contributed by atoms with van der Waals surface area (Å²) >= 11 is 0. The lowest BCUT2D eigenvalue weighted by atomic mass is 9.80. The fourth-order valence-electron chi connectivity index (χ4n) is 5.23. The molecule has 0 bridgehead atoms. The van der Waals surface area contributed by atoms with Crippen molar-refractivity contribution in [2.75, 3.05) is 37.6 Å². The molecule has 1 aliphatic carbocycles. The van der Waals surface area contributed by atoms with Gasteiger partial charge in [0, 0.05) is 49.7 Å². The standard InChI is InChI=1S/C23H33N3O2/c1-3-24-12-14-25(15-13-24)22(27)18-8-10-19(11-9-18)23(28)26-17(2)16-20-6-4-5-7-21(20)26/h4-7,17-19H,3,8-16H2,1-2H3. The zero-order chi connectivity index (χ0) is 19.7. The van der Waals surface area contributed by atoms with Crippen molar-refractivity contribution in [2.24, 2.45) is 11.8 Å². The van der Waals surface area contributed by atoms with Gasteiger partial charge in [-0.05, 0) is 57.2 Å². The van der Waals surface area contributed by atoms with E-state index in [0.717, 1.165) is 70.5 Å². The second-order valence-corrected chi connectivity index (χ2v) is 8.70. The molecular formula is C23H33N3O2. The number of nitrogens with zero attached hydrogens (tertiary/aromatic N) is 3. The number of likely N-dealkylation sites (N-methyl/N-ethyl adjacent to an activating group) is 1. The molecule has 28 heavy (non-hydrogen) atoms. The highest BCUT2D eigenvalue weighted by molar-refractivity contribution is 5.97. The fraction of sp³-hybridized carbons (Fsp3) is 0.652. The van der Waals surface area contributed by atoms with E-state index in [2.05, 4.69) is 41.8 Å². The molecule has 0 aromatic heterocycles. The van der Waals surface area contributed by atoms with Gasteiger partial charge >= 0.3 is 0 Å². The van der Waals surface area contributed by atoms with Crippen LogP contribution >= 0.6 is 0 Å². The Hall–Kier alpha value is -1.88. The van der Waals surface area contributed by atoms with Gasteiger partial charge in [-0.25, -0.2) is 0 Å². The Balaban J connectivity index is 1.33. The minimum Gasteiger partial charge on any atom is -0.340 e. The summed E-state index contributed by atoms with van der Waals surface area (Å²) in [7, 11) is 0. The fourth-order valence-corrected chi connectivity index (χ4v) is 5.23. The van der Waals surface area contributed by atoms with Gasteiger partial charge in [0.2, 0.25) is 11.8 Å². The number of amides is 2. The highest BCUT2D eigenvalue weighted by Gasteiger charge is 2.38. The van der Waals surface area contributed by atoms with Crippen molar-refractivity contribution in [3.8, 4) is 0 Å². The predicted molar refractivity (Wildman–Crippen MR) is 111 cm³/mol. The maximum Gasteiger partial charge on any atom is 0.230 e. The van der Waals surface area contributed by atoms with E-state index in [1.54, 1.807) is 0 Å². The Bertz CT molecular complexity index is 718. The van der Waals surface area contributed by atoms with Crippen LogP contribution in [0.5, 0.6) is 0 Å². The molecule has 1 saturated carbocycles. The third kappa shape index (κ3) is 3.69. The number of hydrogen-bond donors (Lipinski definition) is 0. The van der Waals surface area contributed by atoms with Gasteiger partial charge in [0.05, 0.1) is 0 Å². The molecule has 0 spiro atoms. The average Bonchev–Trinajstić information content (AvgIpc) is 3.08. The maximum atomic E-state index is 13.2. The molecule has 2 amide bonds. The zero-order valence-corrected chi connectivity index (χ0v) is 17.3. The van der Waals surface area contributed by atoms with Gasteiger partial charge in [-0.1, -0.05) is 25.1 Å². The normalized spacial score (nSPS) is 28.3. The molecule has 4 rings (SSSR count). The Labute approximate surface area is 168 Å². The van der Waals surface area contributed by atoms with Crippen LogP contribution in [-0.4, -0.2) is 60.4 Å². The quantitative estimate of drug-likeness (QED) is 0.806. The van der Waals surface area contributed by atoms with Crippen molar-refractivity contribution < 1.29 is 9.59 Å². The Kier molecular flexibility index (Phi) is 5.72. The third-order valence-corrected chi connectivity index (χ3v) is 7.00. The number of piperazine rings is 1. The first-order valence-electron chi connectivity index (χ1n) is 11.0. The number of carbonyl (C=O) groups is 2. The summed E-state index contributed by atoms with van der Waals surface area (Å²) in [5.74, 6) is 0.761. The molecule has 5 heteroatoms. The molecule has 3 aliphatic rings. The van der Waals surface area contributed by atoms with Crippen LogP contribution in [0, 0.1) is 11.8 Å². The molecule has 2 heterocycles. The largest absolute Gasteiger partial charge is 0.340 e. The Morgan fingerprint density at radius 3 is 2.18 bits per heavy atom. The third-order valence-electron chi connectivity index (χ3n) is 7.00. The molecule has 1 aromatic rings. The van der Waals surface area contributed by atoms with Crippen LogP contribution in [0.2, 0.25) is 0 Å². The van der Waals surface area contributed by atoms with Gasteiger partial charge in [0.1, 0.15) is 0 Å². The van der Waals surface area contributed by atoms with Crippen LogP contribution in [0.3, 0.4) is 0 Å². The van der Waals surface area contributed by atoms with E-state index in [1.165, 1.54) is 5.56 Å². The van der Waals surface area contributed by atoms with Crippen molar-refractivity contribution in [3.63, 3.8) is 0 Å². The number of fused-ring (bicyclic) bond motifs is 1. The van der Waals surface area contributed by atoms with Crippen molar-refractivity contribution in [1.82, 2.24) is 9.80 Å². The van der Waals surface area contributed by atoms with Crippen LogP contribution in [0.15, 0.2) is 24.3 Å². The van der Waals surface area contributed by atoms with E-state index >= 15 is 0 Å². The monoisotopic (exact) mass is 383 g/mol. The number of carbonyl (C=O) groups excluding carboxylic acids is 2. The van der Waals surface area contributed by atoms with Crippen molar-refractivity contribution >= 4 is 17.5 Å². The molecule has 1 saturated heterocycles. The van der Waals surface area contributed by atoms with Gasteiger partial charge < -0.3 is 14.7 Å². The minimum atomic E-state index is 0.0644.